The van der Waals surface area contributed by atoms with Crippen LogP contribution in [0.5, 0.6) is 0 Å². The maximum atomic E-state index is 5.73. The Hall–Kier alpha value is -1.96. The fourth-order valence-electron chi connectivity index (χ4n) is 1.13. The van der Waals surface area contributed by atoms with Crippen molar-refractivity contribution in [2.75, 3.05) is 24.2 Å². The largest absolute Gasteiger partial charge is 0.357 e. The van der Waals surface area contributed by atoms with Gasteiger partial charge in [0.2, 0.25) is 23.6 Å². The van der Waals surface area contributed by atoms with Gasteiger partial charge in [-0.15, -0.1) is 0 Å². The number of halogens is 1. The molecule has 9 heteroatoms. The fraction of sp³-hybridized carbons (Fsp3) is 0.375. The molecular formula is C8H10ClN7O. The van der Waals surface area contributed by atoms with E-state index in [4.69, 9.17) is 11.6 Å². The maximum Gasteiger partial charge on any atom is 0.228 e. The monoisotopic (exact) mass is 255 g/mol. The molecular weight excluding hydrogens is 246 g/mol. The fourth-order valence-corrected chi connectivity index (χ4v) is 1.29. The smallest absolute Gasteiger partial charge is 0.228 e. The number of hydrogen-bond donors (Lipinski definition) is 2. The first-order chi connectivity index (χ1) is 8.28. The second kappa shape index (κ2) is 5.39. The van der Waals surface area contributed by atoms with Crippen molar-refractivity contribution < 1.29 is 4.52 Å². The highest BCUT2D eigenvalue weighted by Crippen LogP contribution is 2.08. The number of aromatic nitrogens is 5. The molecule has 0 unspecified atom stereocenters. The van der Waals surface area contributed by atoms with Crippen LogP contribution in [0.15, 0.2) is 10.9 Å². The van der Waals surface area contributed by atoms with Crippen LogP contribution in [0.1, 0.15) is 5.82 Å². The molecule has 2 heterocycles. The highest BCUT2D eigenvalue weighted by Gasteiger charge is 2.04. The Labute approximate surface area is 102 Å². The van der Waals surface area contributed by atoms with Crippen molar-refractivity contribution in [3.05, 3.63) is 17.5 Å². The van der Waals surface area contributed by atoms with Gasteiger partial charge >= 0.3 is 0 Å². The molecule has 0 fully saturated rings. The normalized spacial score (nSPS) is 10.2. The predicted octanol–water partition coefficient (Wildman–Crippen LogP) is 0.604. The second-order valence-corrected chi connectivity index (χ2v) is 3.36. The highest BCUT2D eigenvalue weighted by atomic mass is 35.5. The van der Waals surface area contributed by atoms with Gasteiger partial charge in [-0.3, -0.25) is 0 Å². The molecule has 0 aromatic carbocycles. The molecule has 17 heavy (non-hydrogen) atoms. The Morgan fingerprint density at radius 1 is 1.29 bits per heavy atom. The molecule has 0 aliphatic heterocycles. The van der Waals surface area contributed by atoms with Gasteiger partial charge in [-0.2, -0.15) is 19.9 Å². The third kappa shape index (κ3) is 3.25. The molecule has 0 saturated carbocycles. The van der Waals surface area contributed by atoms with Gasteiger partial charge < -0.3 is 15.2 Å². The van der Waals surface area contributed by atoms with E-state index in [1.54, 1.807) is 7.05 Å². The molecule has 0 aliphatic carbocycles. The van der Waals surface area contributed by atoms with Crippen LogP contribution in [-0.4, -0.2) is 38.7 Å². The second-order valence-electron chi connectivity index (χ2n) is 3.03. The van der Waals surface area contributed by atoms with E-state index in [2.05, 4.69) is 40.2 Å². The van der Waals surface area contributed by atoms with Crippen LogP contribution in [0.3, 0.4) is 0 Å². The van der Waals surface area contributed by atoms with Gasteiger partial charge in [-0.25, -0.2) is 0 Å². The van der Waals surface area contributed by atoms with Crippen LogP contribution in [0.25, 0.3) is 0 Å². The summed E-state index contributed by atoms with van der Waals surface area (Å²) >= 11 is 5.73. The molecule has 0 atom stereocenters. The summed E-state index contributed by atoms with van der Waals surface area (Å²) in [7, 11) is 1.70. The van der Waals surface area contributed by atoms with E-state index in [1.165, 1.54) is 6.39 Å². The minimum atomic E-state index is 0.131. The molecule has 2 rings (SSSR count). The van der Waals surface area contributed by atoms with Gasteiger partial charge in [-0.05, 0) is 11.6 Å². The molecule has 2 N–H and O–H groups in total. The zero-order chi connectivity index (χ0) is 12.1. The van der Waals surface area contributed by atoms with Crippen LogP contribution < -0.4 is 10.6 Å². The Balaban J connectivity index is 1.92. The molecule has 0 aliphatic rings. The summed E-state index contributed by atoms with van der Waals surface area (Å²) in [5.41, 5.74) is 0. The van der Waals surface area contributed by atoms with Gasteiger partial charge in [0.05, 0.1) is 0 Å². The van der Waals surface area contributed by atoms with Crippen molar-refractivity contribution >= 4 is 23.5 Å². The van der Waals surface area contributed by atoms with Crippen LogP contribution in [0, 0.1) is 0 Å². The lowest BCUT2D eigenvalue weighted by Crippen LogP contribution is -2.10. The molecule has 2 aromatic rings. The lowest BCUT2D eigenvalue weighted by Gasteiger charge is -2.04. The van der Waals surface area contributed by atoms with Gasteiger partial charge in [0.25, 0.3) is 0 Å². The summed E-state index contributed by atoms with van der Waals surface area (Å²) < 4.78 is 4.61. The molecule has 0 amide bonds. The maximum absolute atomic E-state index is 5.73. The lowest BCUT2D eigenvalue weighted by atomic mass is 10.4. The first-order valence-electron chi connectivity index (χ1n) is 4.86. The summed E-state index contributed by atoms with van der Waals surface area (Å²) in [5, 5.41) is 9.59. The number of nitrogens with zero attached hydrogens (tertiary/aromatic N) is 5. The third-order valence-corrected chi connectivity index (χ3v) is 2.04. The van der Waals surface area contributed by atoms with Crippen molar-refractivity contribution in [3.8, 4) is 0 Å². The van der Waals surface area contributed by atoms with Crippen molar-refractivity contribution in [2.24, 2.45) is 0 Å². The van der Waals surface area contributed by atoms with Gasteiger partial charge in [0.15, 0.2) is 5.82 Å². The molecule has 0 spiro atoms. The van der Waals surface area contributed by atoms with Gasteiger partial charge in [0.1, 0.15) is 0 Å². The first-order valence-corrected chi connectivity index (χ1v) is 5.24. The van der Waals surface area contributed by atoms with Crippen molar-refractivity contribution in [1.29, 1.82) is 0 Å². The van der Waals surface area contributed by atoms with Crippen LogP contribution in [0.2, 0.25) is 5.28 Å². The average Bonchev–Trinajstić information content (AvgIpc) is 2.81. The number of hydrogen-bond acceptors (Lipinski definition) is 8. The molecule has 8 nitrogen and oxygen atoms in total. The summed E-state index contributed by atoms with van der Waals surface area (Å²) in [6.07, 6.45) is 1.89. The van der Waals surface area contributed by atoms with E-state index < -0.39 is 0 Å². The summed E-state index contributed by atoms with van der Waals surface area (Å²) in [5.74, 6) is 1.43. The van der Waals surface area contributed by atoms with E-state index >= 15 is 0 Å². The third-order valence-electron chi connectivity index (χ3n) is 1.87. The van der Waals surface area contributed by atoms with Crippen molar-refractivity contribution in [1.82, 2.24) is 25.1 Å². The number of rotatable bonds is 5. The minimum absolute atomic E-state index is 0.131. The van der Waals surface area contributed by atoms with Crippen LogP contribution in [-0.2, 0) is 6.42 Å². The van der Waals surface area contributed by atoms with Gasteiger partial charge in [0, 0.05) is 20.0 Å². The first kappa shape index (κ1) is 11.5. The summed E-state index contributed by atoms with van der Waals surface area (Å²) in [6.45, 7) is 0.572. The number of nitrogens with one attached hydrogen (secondary N) is 2. The van der Waals surface area contributed by atoms with E-state index in [9.17, 15) is 0 Å². The van der Waals surface area contributed by atoms with Crippen LogP contribution in [0.4, 0.5) is 11.9 Å². The van der Waals surface area contributed by atoms with Crippen molar-refractivity contribution in [3.63, 3.8) is 0 Å². The molecule has 0 radical (unpaired) electrons. The Morgan fingerprint density at radius 3 is 2.82 bits per heavy atom. The molecule has 2 aromatic heterocycles. The Bertz CT molecular complexity index is 475. The SMILES string of the molecule is CNc1nc(Cl)nc(NCCc2ncon2)n1. The number of anilines is 2. The topological polar surface area (TPSA) is 102 Å². The van der Waals surface area contributed by atoms with Crippen molar-refractivity contribution in [2.45, 2.75) is 6.42 Å². The molecule has 90 valence electrons. The van der Waals surface area contributed by atoms with E-state index in [0.717, 1.165) is 0 Å². The Kier molecular flexibility index (Phi) is 3.66. The summed E-state index contributed by atoms with van der Waals surface area (Å²) in [4.78, 5) is 15.8. The average molecular weight is 256 g/mol. The van der Waals surface area contributed by atoms with E-state index in [1.807, 2.05) is 0 Å². The highest BCUT2D eigenvalue weighted by molar-refractivity contribution is 6.28. The van der Waals surface area contributed by atoms with E-state index in [0.29, 0.717) is 30.7 Å². The zero-order valence-electron chi connectivity index (χ0n) is 9.01. The van der Waals surface area contributed by atoms with Crippen LogP contribution >= 0.6 is 11.6 Å². The molecule has 0 saturated heterocycles. The minimum Gasteiger partial charge on any atom is -0.357 e. The predicted molar refractivity (Wildman–Crippen MR) is 60.9 cm³/mol. The zero-order valence-corrected chi connectivity index (χ0v) is 9.77. The lowest BCUT2D eigenvalue weighted by molar-refractivity contribution is 0.410. The summed E-state index contributed by atoms with van der Waals surface area (Å²) in [6, 6.07) is 0. The quantitative estimate of drug-likeness (QED) is 0.801. The Morgan fingerprint density at radius 2 is 2.12 bits per heavy atom. The molecule has 0 bridgehead atoms. The van der Waals surface area contributed by atoms with Gasteiger partial charge in [-0.1, -0.05) is 5.16 Å². The standard InChI is InChI=1S/C8H10ClN7O/c1-10-7-13-6(9)14-8(15-7)11-3-2-5-12-4-17-16-5/h4H,2-3H2,1H3,(H2,10,11,13,14,15). The van der Waals surface area contributed by atoms with E-state index in [-0.39, 0.29) is 5.28 Å².